The molecule has 0 aromatic carbocycles. The second kappa shape index (κ2) is 39.0. The third kappa shape index (κ3) is 39.8. The molecule has 0 saturated heterocycles. The standard InChI is InChI=1S/2C16H31NO4.2Na/c2*1-2-3-4-5-6-7-8-9-10-11-12-21-16(20)14(17)13-15(18)19;;/h2*14H,2-13,17H2,1H3,(H,18,19);;/q;;2*+1/p-2/t2*14-;;/m00../s1. The first kappa shape index (κ1) is 50.7. The fourth-order valence-corrected chi connectivity index (χ4v) is 4.26. The number of carbonyl (C=O) groups excluding carboxylic acids is 4. The molecule has 0 aliphatic heterocycles. The van der Waals surface area contributed by atoms with Crippen molar-refractivity contribution in [2.24, 2.45) is 11.5 Å². The summed E-state index contributed by atoms with van der Waals surface area (Å²) in [5.41, 5.74) is 10.7. The first-order chi connectivity index (χ1) is 20.1. The van der Waals surface area contributed by atoms with Crippen LogP contribution in [0.15, 0.2) is 0 Å². The van der Waals surface area contributed by atoms with Gasteiger partial charge in [0.2, 0.25) is 0 Å². The zero-order chi connectivity index (χ0) is 31.8. The molecule has 0 saturated carbocycles. The average Bonchev–Trinajstić information content (AvgIpc) is 2.94. The predicted octanol–water partition coefficient (Wildman–Crippen LogP) is -2.16. The van der Waals surface area contributed by atoms with E-state index in [9.17, 15) is 29.4 Å². The molecule has 2 atom stereocenters. The van der Waals surface area contributed by atoms with Gasteiger partial charge in [-0.3, -0.25) is 9.59 Å². The zero-order valence-corrected chi connectivity index (χ0v) is 32.5. The summed E-state index contributed by atoms with van der Waals surface area (Å²) in [6.07, 6.45) is 23.2. The number of hydrogen-bond donors (Lipinski definition) is 2. The zero-order valence-electron chi connectivity index (χ0n) is 28.5. The SMILES string of the molecule is CCCCCCCCCCCCOC(=O)[C@@H](N)CC(=O)[O-].CCCCCCCCCCCCOC(=O)[C@@H](N)CC(=O)[O-].[Na+].[Na+]. The van der Waals surface area contributed by atoms with Gasteiger partial charge in [-0.1, -0.05) is 129 Å². The molecule has 0 radical (unpaired) electrons. The Morgan fingerprint density at radius 1 is 0.477 bits per heavy atom. The number of aliphatic carboxylic acids is 2. The minimum atomic E-state index is -1.33. The molecular formula is C32H60N2Na2O8. The second-order valence-electron chi connectivity index (χ2n) is 11.1. The Morgan fingerprint density at radius 3 is 0.932 bits per heavy atom. The van der Waals surface area contributed by atoms with Gasteiger partial charge in [0.25, 0.3) is 0 Å². The van der Waals surface area contributed by atoms with Gasteiger partial charge >= 0.3 is 71.1 Å². The molecule has 0 spiro atoms. The molecule has 0 aliphatic carbocycles. The van der Waals surface area contributed by atoms with Gasteiger partial charge < -0.3 is 40.7 Å². The van der Waals surface area contributed by atoms with E-state index >= 15 is 0 Å². The minimum absolute atomic E-state index is 0. The van der Waals surface area contributed by atoms with Gasteiger partial charge in [-0.2, -0.15) is 0 Å². The van der Waals surface area contributed by atoms with E-state index in [0.29, 0.717) is 13.2 Å². The van der Waals surface area contributed by atoms with Crippen LogP contribution in [0.5, 0.6) is 0 Å². The summed E-state index contributed by atoms with van der Waals surface area (Å²) in [5.74, 6) is -3.98. The maximum atomic E-state index is 11.3. The maximum absolute atomic E-state index is 11.3. The van der Waals surface area contributed by atoms with Crippen LogP contribution < -0.4 is 80.8 Å². The number of hydrogen-bond acceptors (Lipinski definition) is 10. The van der Waals surface area contributed by atoms with E-state index < -0.39 is 48.8 Å². The van der Waals surface area contributed by atoms with E-state index in [1.54, 1.807) is 0 Å². The van der Waals surface area contributed by atoms with Crippen molar-refractivity contribution >= 4 is 23.9 Å². The molecule has 0 aromatic rings. The summed E-state index contributed by atoms with van der Waals surface area (Å²) in [7, 11) is 0. The minimum Gasteiger partial charge on any atom is -0.550 e. The number of nitrogens with two attached hydrogens (primary N) is 2. The van der Waals surface area contributed by atoms with Gasteiger partial charge in [-0.05, 0) is 12.8 Å². The number of ether oxygens (including phenoxy) is 2. The molecule has 44 heavy (non-hydrogen) atoms. The van der Waals surface area contributed by atoms with Crippen LogP contribution in [0, 0.1) is 0 Å². The van der Waals surface area contributed by atoms with E-state index in [1.807, 2.05) is 0 Å². The summed E-state index contributed by atoms with van der Waals surface area (Å²) >= 11 is 0. The van der Waals surface area contributed by atoms with Crippen molar-refractivity contribution in [2.45, 2.75) is 167 Å². The molecule has 0 bridgehead atoms. The summed E-state index contributed by atoms with van der Waals surface area (Å²) < 4.78 is 9.84. The molecule has 0 aliphatic rings. The fraction of sp³-hybridized carbons (Fsp3) is 0.875. The quantitative estimate of drug-likeness (QED) is 0.0539. The Balaban J connectivity index is -0.000000348. The third-order valence-electron chi connectivity index (χ3n) is 6.86. The Bertz CT molecular complexity index is 631. The van der Waals surface area contributed by atoms with E-state index in [0.717, 1.165) is 38.5 Å². The van der Waals surface area contributed by atoms with Crippen molar-refractivity contribution in [3.63, 3.8) is 0 Å². The molecule has 0 unspecified atom stereocenters. The molecule has 0 heterocycles. The average molecular weight is 647 g/mol. The number of unbranched alkanes of at least 4 members (excludes halogenated alkanes) is 18. The van der Waals surface area contributed by atoms with Crippen LogP contribution in [0.2, 0.25) is 0 Å². The first-order valence-corrected chi connectivity index (χ1v) is 16.4. The van der Waals surface area contributed by atoms with Crippen LogP contribution in [-0.4, -0.2) is 49.2 Å². The van der Waals surface area contributed by atoms with Crippen LogP contribution in [-0.2, 0) is 28.7 Å². The van der Waals surface area contributed by atoms with Gasteiger partial charge in [0.1, 0.15) is 12.1 Å². The van der Waals surface area contributed by atoms with Gasteiger partial charge in [0.15, 0.2) is 0 Å². The summed E-state index contributed by atoms with van der Waals surface area (Å²) in [6.45, 7) is 5.07. The molecule has 0 fully saturated rings. The van der Waals surface area contributed by atoms with Crippen molar-refractivity contribution < 1.29 is 98.0 Å². The van der Waals surface area contributed by atoms with Gasteiger partial charge in [-0.25, -0.2) is 0 Å². The fourth-order valence-electron chi connectivity index (χ4n) is 4.26. The summed E-state index contributed by atoms with van der Waals surface area (Å²) in [6, 6.07) is -2.23. The van der Waals surface area contributed by atoms with E-state index in [-0.39, 0.29) is 59.1 Å². The molecule has 0 rings (SSSR count). The Kier molecular flexibility index (Phi) is 44.9. The molecule has 4 N–H and O–H groups in total. The van der Waals surface area contributed by atoms with Gasteiger partial charge in [0, 0.05) is 24.8 Å². The number of carbonyl (C=O) groups is 4. The molecule has 248 valence electrons. The number of rotatable bonds is 28. The van der Waals surface area contributed by atoms with E-state index in [1.165, 1.54) is 89.9 Å². The van der Waals surface area contributed by atoms with Crippen LogP contribution in [0.4, 0.5) is 0 Å². The Morgan fingerprint density at radius 2 is 0.705 bits per heavy atom. The molecule has 12 heteroatoms. The Hall–Kier alpha value is -0.200. The predicted molar refractivity (Wildman–Crippen MR) is 161 cm³/mol. The van der Waals surface area contributed by atoms with Crippen LogP contribution in [0.3, 0.4) is 0 Å². The molecule has 0 aromatic heterocycles. The van der Waals surface area contributed by atoms with Gasteiger partial charge in [-0.15, -0.1) is 0 Å². The maximum Gasteiger partial charge on any atom is 1.00 e. The van der Waals surface area contributed by atoms with Crippen LogP contribution in [0.25, 0.3) is 0 Å². The number of carboxylic acid groups (broad SMARTS) is 2. The van der Waals surface area contributed by atoms with Crippen LogP contribution >= 0.6 is 0 Å². The van der Waals surface area contributed by atoms with E-state index in [2.05, 4.69) is 13.8 Å². The summed E-state index contributed by atoms with van der Waals surface area (Å²) in [5, 5.41) is 20.5. The first-order valence-electron chi connectivity index (χ1n) is 16.4. The molecule has 0 amide bonds. The van der Waals surface area contributed by atoms with Crippen molar-refractivity contribution in [2.75, 3.05) is 13.2 Å². The van der Waals surface area contributed by atoms with Gasteiger partial charge in [0.05, 0.1) is 13.2 Å². The van der Waals surface area contributed by atoms with Crippen molar-refractivity contribution in [1.29, 1.82) is 0 Å². The Labute approximate surface area is 311 Å². The van der Waals surface area contributed by atoms with Crippen molar-refractivity contribution in [3.05, 3.63) is 0 Å². The smallest absolute Gasteiger partial charge is 0.550 e. The second-order valence-corrected chi connectivity index (χ2v) is 11.1. The largest absolute Gasteiger partial charge is 1.00 e. The third-order valence-corrected chi connectivity index (χ3v) is 6.86. The van der Waals surface area contributed by atoms with Crippen LogP contribution in [0.1, 0.15) is 155 Å². The topological polar surface area (TPSA) is 185 Å². The monoisotopic (exact) mass is 646 g/mol. The molecular weight excluding hydrogens is 586 g/mol. The van der Waals surface area contributed by atoms with Crippen molar-refractivity contribution in [3.8, 4) is 0 Å². The number of carboxylic acids is 2. The summed E-state index contributed by atoms with van der Waals surface area (Å²) in [4.78, 5) is 43.2. The van der Waals surface area contributed by atoms with E-state index in [4.69, 9.17) is 20.9 Å². The molecule has 10 nitrogen and oxygen atoms in total. The van der Waals surface area contributed by atoms with Crippen molar-refractivity contribution in [1.82, 2.24) is 0 Å². The number of esters is 2. The normalized spacial score (nSPS) is 11.5.